The number of rotatable bonds is 4. The van der Waals surface area contributed by atoms with E-state index in [0.717, 1.165) is 19.4 Å². The van der Waals surface area contributed by atoms with Gasteiger partial charge in [-0.05, 0) is 25.7 Å². The van der Waals surface area contributed by atoms with Gasteiger partial charge in [0, 0.05) is 6.61 Å². The molecule has 1 aliphatic rings. The molecule has 0 aromatic carbocycles. The van der Waals surface area contributed by atoms with E-state index in [0.29, 0.717) is 0 Å². The molecule has 0 N–H and O–H groups in total. The fourth-order valence-electron chi connectivity index (χ4n) is 1.33. The van der Waals surface area contributed by atoms with Crippen molar-refractivity contribution in [1.29, 1.82) is 0 Å². The lowest BCUT2D eigenvalue weighted by Crippen LogP contribution is -2.26. The first-order chi connectivity index (χ1) is 5.86. The van der Waals surface area contributed by atoms with Crippen LogP contribution in [0, 0.1) is 0 Å². The lowest BCUT2D eigenvalue weighted by Gasteiger charge is -2.25. The van der Waals surface area contributed by atoms with E-state index in [-0.39, 0.29) is 12.4 Å². The van der Waals surface area contributed by atoms with Crippen LogP contribution in [0.5, 0.6) is 0 Å². The minimum Gasteiger partial charge on any atom is -0.353 e. The van der Waals surface area contributed by atoms with Crippen molar-refractivity contribution in [3.63, 3.8) is 0 Å². The van der Waals surface area contributed by atoms with Crippen LogP contribution in [0.15, 0.2) is 12.7 Å². The highest BCUT2D eigenvalue weighted by atomic mass is 16.7. The summed E-state index contributed by atoms with van der Waals surface area (Å²) >= 11 is 0. The molecular weight excluding hydrogens is 152 g/mol. The van der Waals surface area contributed by atoms with Crippen molar-refractivity contribution < 1.29 is 9.47 Å². The van der Waals surface area contributed by atoms with Gasteiger partial charge in [-0.25, -0.2) is 0 Å². The molecule has 1 fully saturated rings. The third-order valence-corrected chi connectivity index (χ3v) is 2.13. The van der Waals surface area contributed by atoms with Gasteiger partial charge in [-0.3, -0.25) is 0 Å². The van der Waals surface area contributed by atoms with E-state index in [1.54, 1.807) is 0 Å². The molecule has 0 radical (unpaired) electrons. The summed E-state index contributed by atoms with van der Waals surface area (Å²) in [6.07, 6.45) is 6.42. The van der Waals surface area contributed by atoms with E-state index in [9.17, 15) is 0 Å². The van der Waals surface area contributed by atoms with Crippen molar-refractivity contribution in [2.75, 3.05) is 6.61 Å². The highest BCUT2D eigenvalue weighted by Gasteiger charge is 2.16. The maximum Gasteiger partial charge on any atom is 0.158 e. The van der Waals surface area contributed by atoms with E-state index in [4.69, 9.17) is 9.47 Å². The van der Waals surface area contributed by atoms with Gasteiger partial charge in [-0.15, -0.1) is 6.58 Å². The smallest absolute Gasteiger partial charge is 0.158 e. The van der Waals surface area contributed by atoms with Gasteiger partial charge in [0.25, 0.3) is 0 Å². The number of hydrogen-bond acceptors (Lipinski definition) is 2. The fourth-order valence-corrected chi connectivity index (χ4v) is 1.33. The summed E-state index contributed by atoms with van der Waals surface area (Å²) in [6, 6.07) is 0. The van der Waals surface area contributed by atoms with E-state index >= 15 is 0 Å². The lowest BCUT2D eigenvalue weighted by atomic mass is 10.2. The van der Waals surface area contributed by atoms with Crippen molar-refractivity contribution in [3.05, 3.63) is 12.7 Å². The Morgan fingerprint density at radius 2 is 2.50 bits per heavy atom. The normalized spacial score (nSPS) is 26.6. The van der Waals surface area contributed by atoms with Crippen LogP contribution in [0.4, 0.5) is 0 Å². The zero-order valence-corrected chi connectivity index (χ0v) is 7.79. The highest BCUT2D eigenvalue weighted by molar-refractivity contribution is 4.79. The zero-order chi connectivity index (χ0) is 8.81. The molecule has 0 aromatic rings. The molecule has 1 saturated heterocycles. The molecule has 0 spiro atoms. The molecule has 1 aliphatic heterocycles. The molecule has 0 bridgehead atoms. The third-order valence-electron chi connectivity index (χ3n) is 2.13. The molecule has 12 heavy (non-hydrogen) atoms. The molecule has 1 rings (SSSR count). The first-order valence-corrected chi connectivity index (χ1v) is 4.76. The first kappa shape index (κ1) is 9.75. The Labute approximate surface area is 74.6 Å². The van der Waals surface area contributed by atoms with E-state index in [1.807, 2.05) is 6.08 Å². The van der Waals surface area contributed by atoms with Gasteiger partial charge in [0.05, 0.1) is 6.10 Å². The Hall–Kier alpha value is -0.340. The predicted molar refractivity (Wildman–Crippen MR) is 49.0 cm³/mol. The van der Waals surface area contributed by atoms with Crippen molar-refractivity contribution in [1.82, 2.24) is 0 Å². The molecule has 0 aliphatic carbocycles. The number of ether oxygens (including phenoxy) is 2. The molecular formula is C10H18O2. The molecule has 0 amide bonds. The second kappa shape index (κ2) is 5.33. The van der Waals surface area contributed by atoms with Crippen molar-refractivity contribution in [2.45, 2.75) is 45.0 Å². The largest absolute Gasteiger partial charge is 0.353 e. The van der Waals surface area contributed by atoms with Gasteiger partial charge in [0.15, 0.2) is 6.29 Å². The Kier molecular flexibility index (Phi) is 4.33. The predicted octanol–water partition coefficient (Wildman–Crippen LogP) is 2.49. The fraction of sp³-hybridized carbons (Fsp3) is 0.800. The van der Waals surface area contributed by atoms with Crippen LogP contribution in [-0.4, -0.2) is 19.0 Å². The first-order valence-electron chi connectivity index (χ1n) is 4.76. The van der Waals surface area contributed by atoms with Crippen LogP contribution in [-0.2, 0) is 9.47 Å². The monoisotopic (exact) mass is 170 g/mol. The summed E-state index contributed by atoms with van der Waals surface area (Å²) in [5, 5.41) is 0. The van der Waals surface area contributed by atoms with Crippen LogP contribution in [0.25, 0.3) is 0 Å². The Morgan fingerprint density at radius 3 is 3.00 bits per heavy atom. The Balaban J connectivity index is 2.22. The lowest BCUT2D eigenvalue weighted by molar-refractivity contribution is -0.178. The van der Waals surface area contributed by atoms with E-state index in [2.05, 4.69) is 13.5 Å². The third kappa shape index (κ3) is 2.95. The second-order valence-corrected chi connectivity index (χ2v) is 3.11. The number of hydrogen-bond donors (Lipinski definition) is 0. The van der Waals surface area contributed by atoms with Gasteiger partial charge in [-0.2, -0.15) is 0 Å². The van der Waals surface area contributed by atoms with Crippen molar-refractivity contribution in [2.24, 2.45) is 0 Å². The molecule has 2 heteroatoms. The minimum atomic E-state index is 0.0155. The average molecular weight is 170 g/mol. The van der Waals surface area contributed by atoms with Gasteiger partial charge >= 0.3 is 0 Å². The molecule has 2 atom stereocenters. The van der Waals surface area contributed by atoms with Crippen molar-refractivity contribution >= 4 is 0 Å². The van der Waals surface area contributed by atoms with Crippen molar-refractivity contribution in [3.8, 4) is 0 Å². The molecule has 1 heterocycles. The summed E-state index contributed by atoms with van der Waals surface area (Å²) in [5.74, 6) is 0. The standard InChI is InChI=1S/C10H18O2/c1-3-9(4-2)12-10-7-5-6-8-11-10/h3,9-10H,1,4-8H2,2H3. The Bertz CT molecular complexity index is 128. The van der Waals surface area contributed by atoms with Gasteiger partial charge in [0.2, 0.25) is 0 Å². The van der Waals surface area contributed by atoms with Crippen LogP contribution in [0.1, 0.15) is 32.6 Å². The minimum absolute atomic E-state index is 0.0155. The maximum absolute atomic E-state index is 5.65. The molecule has 70 valence electrons. The van der Waals surface area contributed by atoms with E-state index in [1.165, 1.54) is 12.8 Å². The zero-order valence-electron chi connectivity index (χ0n) is 7.79. The highest BCUT2D eigenvalue weighted by Crippen LogP contribution is 2.16. The SMILES string of the molecule is C=CC(CC)OC1CCCCO1. The molecule has 0 aromatic heterocycles. The summed E-state index contributed by atoms with van der Waals surface area (Å²) < 4.78 is 11.1. The summed E-state index contributed by atoms with van der Waals surface area (Å²) in [7, 11) is 0. The van der Waals surface area contributed by atoms with Gasteiger partial charge in [0.1, 0.15) is 0 Å². The summed E-state index contributed by atoms with van der Waals surface area (Å²) in [4.78, 5) is 0. The van der Waals surface area contributed by atoms with Crippen LogP contribution in [0.2, 0.25) is 0 Å². The summed E-state index contributed by atoms with van der Waals surface area (Å²) in [6.45, 7) is 6.65. The van der Waals surface area contributed by atoms with Crippen LogP contribution >= 0.6 is 0 Å². The summed E-state index contributed by atoms with van der Waals surface area (Å²) in [5.41, 5.74) is 0. The second-order valence-electron chi connectivity index (χ2n) is 3.11. The maximum atomic E-state index is 5.65. The quantitative estimate of drug-likeness (QED) is 0.603. The van der Waals surface area contributed by atoms with Crippen LogP contribution < -0.4 is 0 Å². The van der Waals surface area contributed by atoms with Gasteiger partial charge in [-0.1, -0.05) is 13.0 Å². The van der Waals surface area contributed by atoms with Crippen LogP contribution in [0.3, 0.4) is 0 Å². The Morgan fingerprint density at radius 1 is 1.67 bits per heavy atom. The average Bonchev–Trinajstić information content (AvgIpc) is 2.16. The van der Waals surface area contributed by atoms with E-state index < -0.39 is 0 Å². The molecule has 2 nitrogen and oxygen atoms in total. The van der Waals surface area contributed by atoms with Gasteiger partial charge < -0.3 is 9.47 Å². The molecule has 0 saturated carbocycles. The molecule has 2 unspecified atom stereocenters. The topological polar surface area (TPSA) is 18.5 Å².